The summed E-state index contributed by atoms with van der Waals surface area (Å²) in [4.78, 5) is 0. The van der Waals surface area contributed by atoms with E-state index in [0.717, 1.165) is 0 Å². The van der Waals surface area contributed by atoms with E-state index in [4.69, 9.17) is 0 Å². The molecule has 1 aliphatic heterocycles. The van der Waals surface area contributed by atoms with Crippen molar-refractivity contribution in [1.82, 2.24) is 10.6 Å². The van der Waals surface area contributed by atoms with Crippen LogP contribution in [-0.2, 0) is 0 Å². The lowest BCUT2D eigenvalue weighted by molar-refractivity contribution is 0.0846. The van der Waals surface area contributed by atoms with Crippen LogP contribution in [0.3, 0.4) is 0 Å². The van der Waals surface area contributed by atoms with Gasteiger partial charge in [-0.15, -0.1) is 0 Å². The molecule has 2 atom stereocenters. The molecular formula is C4H8F2N2. The monoisotopic (exact) mass is 122 g/mol. The highest BCUT2D eigenvalue weighted by molar-refractivity contribution is 4.70. The number of hydrogen-bond donors (Lipinski definition) is 2. The van der Waals surface area contributed by atoms with Gasteiger partial charge in [-0.25, -0.2) is 8.78 Å². The van der Waals surface area contributed by atoms with Crippen molar-refractivity contribution < 1.29 is 8.78 Å². The SMILES string of the molecule is FC1NCCNC1F. The van der Waals surface area contributed by atoms with Gasteiger partial charge in [0.05, 0.1) is 0 Å². The summed E-state index contributed by atoms with van der Waals surface area (Å²) >= 11 is 0. The van der Waals surface area contributed by atoms with Crippen molar-refractivity contribution in [2.75, 3.05) is 13.1 Å². The lowest BCUT2D eigenvalue weighted by atomic mass is 10.4. The molecule has 0 aliphatic carbocycles. The molecule has 1 rings (SSSR count). The topological polar surface area (TPSA) is 24.1 Å². The summed E-state index contributed by atoms with van der Waals surface area (Å²) < 4.78 is 24.1. The highest BCUT2D eigenvalue weighted by atomic mass is 19.2. The van der Waals surface area contributed by atoms with Crippen LogP contribution in [0.4, 0.5) is 8.78 Å². The Morgan fingerprint density at radius 2 is 1.38 bits per heavy atom. The number of alkyl halides is 2. The number of piperazine rings is 1. The Morgan fingerprint density at radius 3 is 1.62 bits per heavy atom. The highest BCUT2D eigenvalue weighted by Gasteiger charge is 2.21. The Labute approximate surface area is 46.3 Å². The molecule has 0 spiro atoms. The molecule has 1 heterocycles. The maximum atomic E-state index is 12.0. The molecule has 4 heteroatoms. The van der Waals surface area contributed by atoms with Crippen LogP contribution in [0.15, 0.2) is 0 Å². The van der Waals surface area contributed by atoms with Gasteiger partial charge in [-0.1, -0.05) is 0 Å². The minimum absolute atomic E-state index is 0.502. The van der Waals surface area contributed by atoms with Crippen molar-refractivity contribution in [2.45, 2.75) is 12.6 Å². The Bertz CT molecular complexity index is 68.4. The van der Waals surface area contributed by atoms with Gasteiger partial charge in [-0.05, 0) is 0 Å². The molecule has 0 amide bonds. The molecule has 2 unspecified atom stereocenters. The fraction of sp³-hybridized carbons (Fsp3) is 1.00. The summed E-state index contributed by atoms with van der Waals surface area (Å²) in [5, 5.41) is 4.66. The molecule has 0 radical (unpaired) electrons. The fourth-order valence-electron chi connectivity index (χ4n) is 0.627. The predicted molar refractivity (Wildman–Crippen MR) is 25.8 cm³/mol. The third-order valence-corrected chi connectivity index (χ3v) is 1.06. The first-order valence-electron chi connectivity index (χ1n) is 2.55. The van der Waals surface area contributed by atoms with Gasteiger partial charge >= 0.3 is 0 Å². The molecule has 48 valence electrons. The van der Waals surface area contributed by atoms with Gasteiger partial charge in [0.2, 0.25) is 0 Å². The molecular weight excluding hydrogens is 114 g/mol. The summed E-state index contributed by atoms with van der Waals surface area (Å²) in [5.41, 5.74) is 0. The second kappa shape index (κ2) is 2.37. The second-order valence-corrected chi connectivity index (χ2v) is 1.71. The molecule has 0 aromatic rings. The molecule has 2 nitrogen and oxygen atoms in total. The first-order valence-corrected chi connectivity index (χ1v) is 2.55. The summed E-state index contributed by atoms with van der Waals surface area (Å²) in [5.74, 6) is 0. The third-order valence-electron chi connectivity index (χ3n) is 1.06. The molecule has 1 fully saturated rings. The Morgan fingerprint density at radius 1 is 1.00 bits per heavy atom. The van der Waals surface area contributed by atoms with E-state index in [0.29, 0.717) is 13.1 Å². The van der Waals surface area contributed by atoms with E-state index in [9.17, 15) is 8.78 Å². The van der Waals surface area contributed by atoms with Crippen LogP contribution in [0, 0.1) is 0 Å². The number of halogens is 2. The quantitative estimate of drug-likeness (QED) is 0.434. The Kier molecular flexibility index (Phi) is 1.75. The van der Waals surface area contributed by atoms with E-state index >= 15 is 0 Å². The van der Waals surface area contributed by atoms with E-state index in [1.165, 1.54) is 0 Å². The van der Waals surface area contributed by atoms with Gasteiger partial charge in [0.1, 0.15) is 0 Å². The Balaban J connectivity index is 2.28. The summed E-state index contributed by atoms with van der Waals surface area (Å²) in [7, 11) is 0. The average Bonchev–Trinajstić information content (AvgIpc) is 1.77. The van der Waals surface area contributed by atoms with E-state index in [1.807, 2.05) is 0 Å². The first-order chi connectivity index (χ1) is 3.80. The summed E-state index contributed by atoms with van der Waals surface area (Å²) in [6.45, 7) is 1.00. The molecule has 0 bridgehead atoms. The van der Waals surface area contributed by atoms with Crippen LogP contribution >= 0.6 is 0 Å². The van der Waals surface area contributed by atoms with Crippen molar-refractivity contribution in [3.05, 3.63) is 0 Å². The molecule has 1 aliphatic rings. The zero-order valence-corrected chi connectivity index (χ0v) is 4.32. The van der Waals surface area contributed by atoms with Crippen molar-refractivity contribution in [3.63, 3.8) is 0 Å². The van der Waals surface area contributed by atoms with Crippen molar-refractivity contribution in [2.24, 2.45) is 0 Å². The first kappa shape index (κ1) is 5.91. The normalized spacial score (nSPS) is 39.8. The average molecular weight is 122 g/mol. The molecule has 0 aromatic heterocycles. The van der Waals surface area contributed by atoms with E-state index in [-0.39, 0.29) is 0 Å². The molecule has 0 saturated carbocycles. The van der Waals surface area contributed by atoms with E-state index < -0.39 is 12.6 Å². The molecule has 2 N–H and O–H groups in total. The minimum Gasteiger partial charge on any atom is -0.283 e. The van der Waals surface area contributed by atoms with Crippen LogP contribution < -0.4 is 10.6 Å². The predicted octanol–water partition coefficient (Wildman–Crippen LogP) is -0.230. The van der Waals surface area contributed by atoms with Crippen LogP contribution in [0.5, 0.6) is 0 Å². The van der Waals surface area contributed by atoms with Crippen LogP contribution in [-0.4, -0.2) is 25.7 Å². The van der Waals surface area contributed by atoms with E-state index in [1.54, 1.807) is 0 Å². The zero-order chi connectivity index (χ0) is 5.98. The van der Waals surface area contributed by atoms with Crippen molar-refractivity contribution >= 4 is 0 Å². The number of hydrogen-bond acceptors (Lipinski definition) is 2. The van der Waals surface area contributed by atoms with Gasteiger partial charge in [0.25, 0.3) is 0 Å². The van der Waals surface area contributed by atoms with Crippen LogP contribution in [0.1, 0.15) is 0 Å². The van der Waals surface area contributed by atoms with Gasteiger partial charge < -0.3 is 0 Å². The van der Waals surface area contributed by atoms with Crippen molar-refractivity contribution in [1.29, 1.82) is 0 Å². The van der Waals surface area contributed by atoms with Crippen LogP contribution in [0.2, 0.25) is 0 Å². The van der Waals surface area contributed by atoms with Gasteiger partial charge in [-0.2, -0.15) is 0 Å². The highest BCUT2D eigenvalue weighted by Crippen LogP contribution is 1.98. The molecule has 0 aromatic carbocycles. The standard InChI is InChI=1S/C4H8F2N2/c5-3-4(6)8-2-1-7-3/h3-4,7-8H,1-2H2. The lowest BCUT2D eigenvalue weighted by Gasteiger charge is -2.21. The maximum absolute atomic E-state index is 12.0. The lowest BCUT2D eigenvalue weighted by Crippen LogP contribution is -2.51. The Hall–Kier alpha value is -0.220. The van der Waals surface area contributed by atoms with Gasteiger partial charge in [0.15, 0.2) is 12.6 Å². The zero-order valence-electron chi connectivity index (χ0n) is 4.32. The van der Waals surface area contributed by atoms with E-state index in [2.05, 4.69) is 10.6 Å². The molecule has 8 heavy (non-hydrogen) atoms. The second-order valence-electron chi connectivity index (χ2n) is 1.71. The van der Waals surface area contributed by atoms with Crippen LogP contribution in [0.25, 0.3) is 0 Å². The minimum atomic E-state index is -1.52. The summed E-state index contributed by atoms with van der Waals surface area (Å²) in [6.07, 6.45) is -3.05. The fourth-order valence-corrected chi connectivity index (χ4v) is 0.627. The molecule has 1 saturated heterocycles. The van der Waals surface area contributed by atoms with Gasteiger partial charge in [0, 0.05) is 13.1 Å². The summed E-state index contributed by atoms with van der Waals surface area (Å²) in [6, 6.07) is 0. The largest absolute Gasteiger partial charge is 0.283 e. The van der Waals surface area contributed by atoms with Gasteiger partial charge in [-0.3, -0.25) is 10.6 Å². The maximum Gasteiger partial charge on any atom is 0.196 e. The number of rotatable bonds is 0. The third kappa shape index (κ3) is 1.14. The smallest absolute Gasteiger partial charge is 0.196 e. The number of nitrogens with one attached hydrogen (secondary N) is 2. The van der Waals surface area contributed by atoms with Crippen molar-refractivity contribution in [3.8, 4) is 0 Å².